The van der Waals surface area contributed by atoms with Gasteiger partial charge in [-0.25, -0.2) is 0 Å². The van der Waals surface area contributed by atoms with Crippen LogP contribution < -0.4 is 0 Å². The molecule has 1 nitrogen and oxygen atoms in total. The molecule has 17 heavy (non-hydrogen) atoms. The van der Waals surface area contributed by atoms with Gasteiger partial charge < -0.3 is 0 Å². The van der Waals surface area contributed by atoms with Crippen LogP contribution in [0.3, 0.4) is 0 Å². The van der Waals surface area contributed by atoms with E-state index >= 15 is 0 Å². The van der Waals surface area contributed by atoms with Crippen LogP contribution in [-0.4, -0.2) is 19.5 Å². The number of nitrogens with zero attached hydrogens (tertiary/aromatic N) is 1. The van der Waals surface area contributed by atoms with Crippen molar-refractivity contribution in [3.63, 3.8) is 0 Å². The van der Waals surface area contributed by atoms with Gasteiger partial charge in [-0.05, 0) is 0 Å². The Balaban J connectivity index is 2.13. The second-order valence-corrected chi connectivity index (χ2v) is 5.56. The molecule has 0 bridgehead atoms. The monoisotopic (exact) mass is 285 g/mol. The topological polar surface area (TPSA) is 12.9 Å². The molecule has 3 aromatic rings. The van der Waals surface area contributed by atoms with Gasteiger partial charge in [-0.3, -0.25) is 0 Å². The summed E-state index contributed by atoms with van der Waals surface area (Å²) >= 11 is 0.354. The minimum absolute atomic E-state index is 0.354. The summed E-state index contributed by atoms with van der Waals surface area (Å²) in [6, 6.07) is 20.9. The van der Waals surface area contributed by atoms with Gasteiger partial charge in [0.1, 0.15) is 0 Å². The molecule has 1 heterocycles. The molecule has 0 unspecified atom stereocenters. The zero-order valence-corrected chi connectivity index (χ0v) is 10.9. The molecule has 3 rings (SSSR count). The van der Waals surface area contributed by atoms with Crippen LogP contribution in [-0.2, 0) is 0 Å². The quantitative estimate of drug-likeness (QED) is 0.657. The average molecular weight is 284 g/mol. The summed E-state index contributed by atoms with van der Waals surface area (Å²) in [5.74, 6) is 0. The van der Waals surface area contributed by atoms with E-state index < -0.39 is 0 Å². The SMILES string of the molecule is c1ccc(-c2nc[se]c2-c2ccccc2)cc1. The Morgan fingerprint density at radius 2 is 1.29 bits per heavy atom. The van der Waals surface area contributed by atoms with Crippen molar-refractivity contribution in [1.82, 2.24) is 4.98 Å². The second-order valence-electron chi connectivity index (χ2n) is 3.76. The third-order valence-corrected chi connectivity index (χ3v) is 4.49. The van der Waals surface area contributed by atoms with Gasteiger partial charge in [0, 0.05) is 0 Å². The van der Waals surface area contributed by atoms with Crippen molar-refractivity contribution in [2.24, 2.45) is 0 Å². The first-order valence-corrected chi connectivity index (χ1v) is 7.34. The zero-order chi connectivity index (χ0) is 11.5. The standard InChI is InChI=1S/C15H11NSe/c1-3-7-12(8-4-1)14-15(17-11-16-14)13-9-5-2-6-10-13/h1-11H. The third kappa shape index (κ3) is 2.10. The molecule has 0 aliphatic heterocycles. The zero-order valence-electron chi connectivity index (χ0n) is 9.21. The van der Waals surface area contributed by atoms with Crippen LogP contribution in [0.4, 0.5) is 0 Å². The fourth-order valence-corrected chi connectivity index (χ4v) is 3.56. The summed E-state index contributed by atoms with van der Waals surface area (Å²) in [5, 5.41) is 2.05. The third-order valence-electron chi connectivity index (χ3n) is 2.65. The number of benzene rings is 2. The molecule has 0 radical (unpaired) electrons. The summed E-state index contributed by atoms with van der Waals surface area (Å²) in [6.45, 7) is 0. The molecule has 0 atom stereocenters. The fraction of sp³-hybridized carbons (Fsp3) is 0. The molecule has 2 aromatic carbocycles. The Morgan fingerprint density at radius 3 is 1.94 bits per heavy atom. The maximum absolute atomic E-state index is 4.55. The second kappa shape index (κ2) is 4.70. The molecule has 0 N–H and O–H groups in total. The van der Waals surface area contributed by atoms with E-state index in [0.717, 1.165) is 5.69 Å². The Bertz CT molecular complexity index is 545. The molecule has 0 fully saturated rings. The number of aromatic nitrogens is 1. The Hall–Kier alpha value is -1.63. The van der Waals surface area contributed by atoms with Crippen LogP contribution >= 0.6 is 0 Å². The van der Waals surface area contributed by atoms with E-state index in [-0.39, 0.29) is 0 Å². The molecule has 0 amide bonds. The Labute approximate surface area is 107 Å². The first-order chi connectivity index (χ1) is 8.45. The summed E-state index contributed by atoms with van der Waals surface area (Å²) in [4.78, 5) is 4.55. The van der Waals surface area contributed by atoms with Crippen molar-refractivity contribution in [3.05, 3.63) is 65.7 Å². The van der Waals surface area contributed by atoms with E-state index in [1.807, 2.05) is 6.07 Å². The molecule has 0 aliphatic rings. The van der Waals surface area contributed by atoms with Gasteiger partial charge in [-0.15, -0.1) is 0 Å². The van der Waals surface area contributed by atoms with Gasteiger partial charge in [0.05, 0.1) is 0 Å². The van der Waals surface area contributed by atoms with E-state index in [0.29, 0.717) is 14.5 Å². The van der Waals surface area contributed by atoms with Crippen LogP contribution in [0.5, 0.6) is 0 Å². The van der Waals surface area contributed by atoms with Crippen molar-refractivity contribution in [2.45, 2.75) is 0 Å². The van der Waals surface area contributed by atoms with Crippen LogP contribution in [0.2, 0.25) is 0 Å². The molecule has 0 saturated carbocycles. The number of hydrogen-bond acceptors (Lipinski definition) is 1. The molecule has 0 spiro atoms. The van der Waals surface area contributed by atoms with Crippen LogP contribution in [0.15, 0.2) is 65.7 Å². The molecular formula is C15H11NSe. The predicted octanol–water partition coefficient (Wildman–Crippen LogP) is 3.47. The maximum atomic E-state index is 4.55. The van der Waals surface area contributed by atoms with Gasteiger partial charge in [0.15, 0.2) is 0 Å². The van der Waals surface area contributed by atoms with Crippen LogP contribution in [0.25, 0.3) is 21.3 Å². The van der Waals surface area contributed by atoms with Gasteiger partial charge >= 0.3 is 106 Å². The van der Waals surface area contributed by atoms with E-state index in [2.05, 4.69) is 64.7 Å². The number of rotatable bonds is 2. The van der Waals surface area contributed by atoms with Crippen molar-refractivity contribution >= 4 is 14.5 Å². The van der Waals surface area contributed by atoms with Crippen molar-refractivity contribution in [1.29, 1.82) is 0 Å². The average Bonchev–Trinajstić information content (AvgIpc) is 2.90. The fourth-order valence-electron chi connectivity index (χ4n) is 1.84. The molecule has 2 heteroatoms. The van der Waals surface area contributed by atoms with Crippen molar-refractivity contribution < 1.29 is 0 Å². The summed E-state index contributed by atoms with van der Waals surface area (Å²) in [6.07, 6.45) is 0. The summed E-state index contributed by atoms with van der Waals surface area (Å²) in [5.41, 5.74) is 3.64. The Morgan fingerprint density at radius 1 is 0.706 bits per heavy atom. The normalized spacial score (nSPS) is 10.4. The van der Waals surface area contributed by atoms with E-state index in [9.17, 15) is 0 Å². The van der Waals surface area contributed by atoms with Crippen molar-refractivity contribution in [2.75, 3.05) is 0 Å². The molecule has 0 aliphatic carbocycles. The summed E-state index contributed by atoms with van der Waals surface area (Å²) in [7, 11) is 0. The van der Waals surface area contributed by atoms with Crippen LogP contribution in [0.1, 0.15) is 0 Å². The first-order valence-electron chi connectivity index (χ1n) is 5.49. The van der Waals surface area contributed by atoms with Gasteiger partial charge in [-0.1, -0.05) is 0 Å². The van der Waals surface area contributed by atoms with E-state index in [4.69, 9.17) is 0 Å². The summed E-state index contributed by atoms with van der Waals surface area (Å²) < 4.78 is 1.38. The van der Waals surface area contributed by atoms with Gasteiger partial charge in [-0.2, -0.15) is 0 Å². The van der Waals surface area contributed by atoms with E-state index in [1.165, 1.54) is 15.6 Å². The first kappa shape index (κ1) is 10.5. The van der Waals surface area contributed by atoms with Crippen LogP contribution in [0, 0.1) is 0 Å². The van der Waals surface area contributed by atoms with Crippen molar-refractivity contribution in [3.8, 4) is 21.3 Å². The predicted molar refractivity (Wildman–Crippen MR) is 72.0 cm³/mol. The molecule has 0 saturated heterocycles. The minimum atomic E-state index is 0.354. The molecule has 1 aromatic heterocycles. The molecular weight excluding hydrogens is 273 g/mol. The Kier molecular flexibility index (Phi) is 2.91. The van der Waals surface area contributed by atoms with Gasteiger partial charge in [0.25, 0.3) is 0 Å². The van der Waals surface area contributed by atoms with E-state index in [1.54, 1.807) is 0 Å². The van der Waals surface area contributed by atoms with Gasteiger partial charge in [0.2, 0.25) is 0 Å². The molecule has 82 valence electrons. The number of hydrogen-bond donors (Lipinski definition) is 0.